The fourth-order valence-electron chi connectivity index (χ4n) is 4.95. The Morgan fingerprint density at radius 2 is 1.98 bits per heavy atom. The van der Waals surface area contributed by atoms with Gasteiger partial charge in [-0.05, 0) is 47.4 Å². The number of pyridine rings is 2. The third kappa shape index (κ3) is 5.01. The van der Waals surface area contributed by atoms with E-state index < -0.39 is 17.8 Å². The summed E-state index contributed by atoms with van der Waals surface area (Å²) in [6.45, 7) is 6.84. The van der Waals surface area contributed by atoms with Crippen molar-refractivity contribution in [3.63, 3.8) is 0 Å². The Balaban J connectivity index is 1.46. The molecule has 0 bridgehead atoms. The average Bonchev–Trinajstić information content (AvgIpc) is 3.43. The zero-order chi connectivity index (χ0) is 29.9. The van der Waals surface area contributed by atoms with Crippen molar-refractivity contribution in [2.24, 2.45) is 5.41 Å². The lowest BCUT2D eigenvalue weighted by Gasteiger charge is -2.22. The standard InChI is InChI=1S/C29H26ClF3N8S/c1-27(2,3)15-37-24-16(10-34)11-36-25-19(24)8-17(9-21(25)30)38-26(20-14-42-23-12-35-7-4-18(20)23)22-13-41(40-39-22)28(5-6-28)29(31,32)33/h4,7-9,11-14,26,38H,5-6,15H2,1-3H3,(H,36,37)/t26-/m0/s1. The predicted octanol–water partition coefficient (Wildman–Crippen LogP) is 7.67. The average molecular weight is 611 g/mol. The van der Waals surface area contributed by atoms with Crippen molar-refractivity contribution in [2.75, 3.05) is 17.2 Å². The number of rotatable bonds is 7. The smallest absolute Gasteiger partial charge is 0.383 e. The molecule has 42 heavy (non-hydrogen) atoms. The number of halogens is 4. The van der Waals surface area contributed by atoms with Crippen LogP contribution in [-0.4, -0.2) is 37.7 Å². The van der Waals surface area contributed by atoms with Crippen molar-refractivity contribution in [3.05, 3.63) is 70.2 Å². The van der Waals surface area contributed by atoms with Crippen LogP contribution in [0.15, 0.2) is 48.4 Å². The second-order valence-corrected chi connectivity index (χ2v) is 13.0. The molecule has 0 amide bonds. The Morgan fingerprint density at radius 3 is 2.67 bits per heavy atom. The molecule has 8 nitrogen and oxygen atoms in total. The minimum atomic E-state index is -4.44. The largest absolute Gasteiger partial charge is 0.413 e. The van der Waals surface area contributed by atoms with E-state index in [1.165, 1.54) is 23.7 Å². The van der Waals surface area contributed by atoms with Crippen molar-refractivity contribution >= 4 is 55.3 Å². The van der Waals surface area contributed by atoms with Crippen molar-refractivity contribution in [1.29, 1.82) is 5.26 Å². The number of benzene rings is 1. The lowest BCUT2D eigenvalue weighted by atomic mass is 9.96. The van der Waals surface area contributed by atoms with Crippen LogP contribution in [-0.2, 0) is 5.54 Å². The summed E-state index contributed by atoms with van der Waals surface area (Å²) in [6, 6.07) is 6.95. The molecular formula is C29H26ClF3N8S. The minimum Gasteiger partial charge on any atom is -0.383 e. The van der Waals surface area contributed by atoms with E-state index in [9.17, 15) is 18.4 Å². The lowest BCUT2D eigenvalue weighted by Crippen LogP contribution is -2.35. The van der Waals surface area contributed by atoms with Gasteiger partial charge in [-0.2, -0.15) is 18.4 Å². The molecular weight excluding hydrogens is 585 g/mol. The number of alkyl halides is 3. The van der Waals surface area contributed by atoms with E-state index in [0.29, 0.717) is 45.1 Å². The maximum absolute atomic E-state index is 13.9. The van der Waals surface area contributed by atoms with Crippen LogP contribution in [0.1, 0.15) is 56.5 Å². The molecule has 4 aromatic heterocycles. The molecule has 1 aromatic carbocycles. The summed E-state index contributed by atoms with van der Waals surface area (Å²) in [5.41, 5.74) is 1.13. The van der Waals surface area contributed by atoms with Crippen LogP contribution in [0.4, 0.5) is 24.5 Å². The van der Waals surface area contributed by atoms with E-state index in [-0.39, 0.29) is 18.3 Å². The van der Waals surface area contributed by atoms with Gasteiger partial charge < -0.3 is 10.6 Å². The molecule has 13 heteroatoms. The Kier molecular flexibility index (Phi) is 6.78. The highest BCUT2D eigenvalue weighted by Crippen LogP contribution is 2.55. The molecule has 1 atom stereocenters. The van der Waals surface area contributed by atoms with Gasteiger partial charge in [0, 0.05) is 41.6 Å². The molecule has 4 heterocycles. The number of thiophene rings is 1. The molecule has 5 aromatic rings. The van der Waals surface area contributed by atoms with Crippen LogP contribution in [0.25, 0.3) is 21.0 Å². The molecule has 2 N–H and O–H groups in total. The number of fused-ring (bicyclic) bond motifs is 2. The molecule has 1 aliphatic carbocycles. The van der Waals surface area contributed by atoms with Gasteiger partial charge in [-0.3, -0.25) is 9.97 Å². The quantitative estimate of drug-likeness (QED) is 0.195. The van der Waals surface area contributed by atoms with E-state index in [1.807, 2.05) is 17.5 Å². The zero-order valence-corrected chi connectivity index (χ0v) is 24.5. The molecule has 6 rings (SSSR count). The van der Waals surface area contributed by atoms with Gasteiger partial charge in [-0.1, -0.05) is 37.6 Å². The first-order valence-electron chi connectivity index (χ1n) is 13.2. The molecule has 1 saturated carbocycles. The number of aromatic nitrogens is 5. The number of hydrogen-bond acceptors (Lipinski definition) is 8. The summed E-state index contributed by atoms with van der Waals surface area (Å²) >= 11 is 8.19. The van der Waals surface area contributed by atoms with Crippen LogP contribution in [0.5, 0.6) is 0 Å². The van der Waals surface area contributed by atoms with Gasteiger partial charge in [0.15, 0.2) is 5.54 Å². The van der Waals surface area contributed by atoms with Crippen LogP contribution >= 0.6 is 22.9 Å². The summed E-state index contributed by atoms with van der Waals surface area (Å²) in [6.07, 6.45) is 1.77. The third-order valence-corrected chi connectivity index (χ3v) is 8.61. The number of hydrogen-bond donors (Lipinski definition) is 2. The van der Waals surface area contributed by atoms with Crippen molar-refractivity contribution in [1.82, 2.24) is 25.0 Å². The molecule has 0 radical (unpaired) electrons. The van der Waals surface area contributed by atoms with E-state index in [0.717, 1.165) is 20.3 Å². The summed E-state index contributed by atoms with van der Waals surface area (Å²) in [4.78, 5) is 8.62. The Labute approximate surface area is 248 Å². The van der Waals surface area contributed by atoms with Gasteiger partial charge >= 0.3 is 6.18 Å². The maximum atomic E-state index is 13.9. The topological polar surface area (TPSA) is 104 Å². The highest BCUT2D eigenvalue weighted by atomic mass is 35.5. The summed E-state index contributed by atoms with van der Waals surface area (Å²) < 4.78 is 43.5. The van der Waals surface area contributed by atoms with Crippen LogP contribution in [0.3, 0.4) is 0 Å². The SMILES string of the molecule is CC(C)(C)CNc1c(C#N)cnc2c(Cl)cc(N[C@H](c3cn(C4(C(F)(F)F)CC4)nn3)c3csc4cnccc34)cc12. The maximum Gasteiger partial charge on any atom is 0.413 e. The summed E-state index contributed by atoms with van der Waals surface area (Å²) in [5.74, 6) is 0. The lowest BCUT2D eigenvalue weighted by molar-refractivity contribution is -0.182. The van der Waals surface area contributed by atoms with Crippen LogP contribution < -0.4 is 10.6 Å². The molecule has 0 aliphatic heterocycles. The predicted molar refractivity (Wildman–Crippen MR) is 158 cm³/mol. The van der Waals surface area contributed by atoms with Crippen LogP contribution in [0.2, 0.25) is 5.02 Å². The summed E-state index contributed by atoms with van der Waals surface area (Å²) in [7, 11) is 0. The second-order valence-electron chi connectivity index (χ2n) is 11.7. The number of nitrogens with one attached hydrogen (secondary N) is 2. The molecule has 216 valence electrons. The molecule has 1 fully saturated rings. The molecule has 0 saturated heterocycles. The second kappa shape index (κ2) is 10.1. The molecule has 0 spiro atoms. The van der Waals surface area contributed by atoms with E-state index in [2.05, 4.69) is 57.8 Å². The highest BCUT2D eigenvalue weighted by molar-refractivity contribution is 7.17. The van der Waals surface area contributed by atoms with E-state index in [1.54, 1.807) is 18.5 Å². The fraction of sp³-hybridized carbons (Fsp3) is 0.345. The Bertz CT molecular complexity index is 1850. The first-order chi connectivity index (χ1) is 19.9. The van der Waals surface area contributed by atoms with Gasteiger partial charge in [0.2, 0.25) is 0 Å². The van der Waals surface area contributed by atoms with Crippen LogP contribution in [0, 0.1) is 16.7 Å². The van der Waals surface area contributed by atoms with Crippen molar-refractivity contribution in [2.45, 2.75) is 51.4 Å². The van der Waals surface area contributed by atoms with Gasteiger partial charge in [0.1, 0.15) is 11.8 Å². The highest BCUT2D eigenvalue weighted by Gasteiger charge is 2.66. The van der Waals surface area contributed by atoms with E-state index >= 15 is 0 Å². The first-order valence-corrected chi connectivity index (χ1v) is 14.5. The molecule has 0 unspecified atom stereocenters. The number of anilines is 2. The minimum absolute atomic E-state index is 0.0384. The first kappa shape index (κ1) is 28.2. The number of nitrogens with zero attached hydrogens (tertiary/aromatic N) is 6. The van der Waals surface area contributed by atoms with Gasteiger partial charge in [0.05, 0.1) is 38.7 Å². The zero-order valence-electron chi connectivity index (χ0n) is 22.9. The van der Waals surface area contributed by atoms with Crippen molar-refractivity contribution < 1.29 is 13.2 Å². The summed E-state index contributed by atoms with van der Waals surface area (Å²) in [5, 5.41) is 28.6. The number of nitriles is 1. The van der Waals surface area contributed by atoms with Gasteiger partial charge in [0.25, 0.3) is 0 Å². The fourth-order valence-corrected chi connectivity index (χ4v) is 6.17. The van der Waals surface area contributed by atoms with Gasteiger partial charge in [-0.15, -0.1) is 16.4 Å². The monoisotopic (exact) mass is 610 g/mol. The Morgan fingerprint density at radius 1 is 1.19 bits per heavy atom. The normalized spacial score (nSPS) is 15.5. The third-order valence-electron chi connectivity index (χ3n) is 7.37. The van der Waals surface area contributed by atoms with Crippen molar-refractivity contribution in [3.8, 4) is 6.07 Å². The Hall–Kier alpha value is -3.95. The van der Waals surface area contributed by atoms with E-state index in [4.69, 9.17) is 11.6 Å². The molecule has 1 aliphatic rings. The van der Waals surface area contributed by atoms with Gasteiger partial charge in [-0.25, -0.2) is 4.68 Å².